The number of hydrogen-bond acceptors (Lipinski definition) is 0. The molecule has 3 rings (SSSR count). The summed E-state index contributed by atoms with van der Waals surface area (Å²) in [5, 5.41) is 0. The molecule has 0 bridgehead atoms. The van der Waals surface area contributed by atoms with E-state index in [4.69, 9.17) is 0 Å². The van der Waals surface area contributed by atoms with Crippen molar-refractivity contribution in [2.45, 2.75) is 32.1 Å². The van der Waals surface area contributed by atoms with E-state index in [1.165, 1.54) is 39.8 Å². The third-order valence-corrected chi connectivity index (χ3v) is 3.81. The summed E-state index contributed by atoms with van der Waals surface area (Å²) in [7, 11) is 0. The second-order valence-corrected chi connectivity index (χ2v) is 4.88. The molecule has 0 heterocycles. The van der Waals surface area contributed by atoms with Crippen LogP contribution in [0.25, 0.3) is 11.1 Å². The van der Waals surface area contributed by atoms with Crippen molar-refractivity contribution in [3.8, 4) is 0 Å². The summed E-state index contributed by atoms with van der Waals surface area (Å²) in [6, 6.07) is 4.59. The molecule has 0 N–H and O–H groups in total. The number of rotatable bonds is 0. The highest BCUT2D eigenvalue weighted by atomic mass is 14.3. The number of aryl methyl sites for hydroxylation is 1. The fraction of sp³-hybridized carbons (Fsp3) is 0.333. The number of fused-ring (bicyclic) bond motifs is 3. The van der Waals surface area contributed by atoms with Crippen LogP contribution in [0, 0.1) is 0 Å². The first kappa shape index (κ1) is 8.96. The van der Waals surface area contributed by atoms with Crippen molar-refractivity contribution < 1.29 is 0 Å². The van der Waals surface area contributed by atoms with Crippen LogP contribution in [0.4, 0.5) is 0 Å². The van der Waals surface area contributed by atoms with E-state index in [-0.39, 0.29) is 0 Å². The molecule has 1 aromatic carbocycles. The maximum absolute atomic E-state index is 4.22. The van der Waals surface area contributed by atoms with Crippen molar-refractivity contribution in [3.63, 3.8) is 0 Å². The van der Waals surface area contributed by atoms with Crippen molar-refractivity contribution in [3.05, 3.63) is 47.5 Å². The Morgan fingerprint density at radius 1 is 1.07 bits per heavy atom. The molecule has 0 amide bonds. The molecular weight excluding hydrogens is 180 g/mol. The highest BCUT2D eigenvalue weighted by molar-refractivity contribution is 5.86. The number of allylic oxidation sites excluding steroid dienone is 2. The van der Waals surface area contributed by atoms with Gasteiger partial charge >= 0.3 is 0 Å². The molecule has 2 aliphatic carbocycles. The van der Waals surface area contributed by atoms with Gasteiger partial charge in [-0.25, -0.2) is 0 Å². The van der Waals surface area contributed by atoms with Gasteiger partial charge in [-0.15, -0.1) is 0 Å². The van der Waals surface area contributed by atoms with Crippen LogP contribution in [0.15, 0.2) is 25.3 Å². The van der Waals surface area contributed by atoms with Gasteiger partial charge in [-0.1, -0.05) is 32.2 Å². The Bertz CT molecular complexity index is 477. The first-order chi connectivity index (χ1) is 7.18. The average Bonchev–Trinajstić information content (AvgIpc) is 2.70. The standard InChI is InChI=1S/C15H16/c1-9-4-5-12-6-7-13-10(2)8-11(3)15(13)14(9)12/h6-7,10H,1,3-5,8H2,2H3. The summed E-state index contributed by atoms with van der Waals surface area (Å²) in [4.78, 5) is 0. The molecule has 1 aromatic rings. The lowest BCUT2D eigenvalue weighted by Crippen LogP contribution is -1.92. The Morgan fingerprint density at radius 3 is 2.67 bits per heavy atom. The van der Waals surface area contributed by atoms with E-state index in [1.807, 2.05) is 0 Å². The van der Waals surface area contributed by atoms with Gasteiger partial charge in [0.1, 0.15) is 0 Å². The third-order valence-electron chi connectivity index (χ3n) is 3.81. The van der Waals surface area contributed by atoms with E-state index in [0.29, 0.717) is 5.92 Å². The average molecular weight is 196 g/mol. The largest absolute Gasteiger partial charge is 0.0952 e. The molecule has 0 spiro atoms. The smallest absolute Gasteiger partial charge is 0.0117 e. The minimum absolute atomic E-state index is 0.645. The van der Waals surface area contributed by atoms with Gasteiger partial charge in [-0.05, 0) is 58.6 Å². The van der Waals surface area contributed by atoms with Crippen LogP contribution in [-0.4, -0.2) is 0 Å². The zero-order chi connectivity index (χ0) is 10.6. The van der Waals surface area contributed by atoms with Crippen LogP contribution < -0.4 is 0 Å². The Labute approximate surface area is 91.3 Å². The maximum Gasteiger partial charge on any atom is -0.0117 e. The summed E-state index contributed by atoms with van der Waals surface area (Å²) >= 11 is 0. The van der Waals surface area contributed by atoms with Crippen LogP contribution in [0.1, 0.15) is 47.9 Å². The van der Waals surface area contributed by atoms with E-state index in [9.17, 15) is 0 Å². The Hall–Kier alpha value is -1.30. The molecule has 0 fully saturated rings. The molecule has 0 radical (unpaired) electrons. The molecule has 0 aliphatic heterocycles. The van der Waals surface area contributed by atoms with Crippen LogP contribution in [0.5, 0.6) is 0 Å². The lowest BCUT2D eigenvalue weighted by atomic mass is 9.95. The van der Waals surface area contributed by atoms with Crippen molar-refractivity contribution in [2.24, 2.45) is 0 Å². The van der Waals surface area contributed by atoms with Gasteiger partial charge in [0.15, 0.2) is 0 Å². The molecule has 1 atom stereocenters. The van der Waals surface area contributed by atoms with E-state index in [1.54, 1.807) is 0 Å². The fourth-order valence-corrected chi connectivity index (χ4v) is 3.06. The highest BCUT2D eigenvalue weighted by Crippen LogP contribution is 2.47. The molecule has 0 aromatic heterocycles. The second kappa shape index (κ2) is 2.85. The zero-order valence-electron chi connectivity index (χ0n) is 9.27. The zero-order valence-corrected chi connectivity index (χ0v) is 9.27. The SMILES string of the molecule is C=C1CCc2ccc3c(c21)C(=C)CC3C. The molecule has 15 heavy (non-hydrogen) atoms. The van der Waals surface area contributed by atoms with Gasteiger partial charge in [0.25, 0.3) is 0 Å². The minimum atomic E-state index is 0.645. The van der Waals surface area contributed by atoms with Gasteiger partial charge in [0.2, 0.25) is 0 Å². The number of benzene rings is 1. The predicted molar refractivity (Wildman–Crippen MR) is 65.9 cm³/mol. The van der Waals surface area contributed by atoms with Crippen LogP contribution in [-0.2, 0) is 6.42 Å². The molecular formula is C15H16. The maximum atomic E-state index is 4.22. The summed E-state index contributed by atoms with van der Waals surface area (Å²) in [6.07, 6.45) is 3.43. The second-order valence-electron chi connectivity index (χ2n) is 4.88. The highest BCUT2D eigenvalue weighted by Gasteiger charge is 2.28. The molecule has 0 nitrogen and oxygen atoms in total. The molecule has 76 valence electrons. The van der Waals surface area contributed by atoms with E-state index in [2.05, 4.69) is 32.2 Å². The topological polar surface area (TPSA) is 0 Å². The normalized spacial score (nSPS) is 23.1. The van der Waals surface area contributed by atoms with Crippen molar-refractivity contribution in [1.29, 1.82) is 0 Å². The molecule has 2 aliphatic rings. The third kappa shape index (κ3) is 1.08. The van der Waals surface area contributed by atoms with Gasteiger partial charge in [-0.2, -0.15) is 0 Å². The van der Waals surface area contributed by atoms with Gasteiger partial charge in [0.05, 0.1) is 0 Å². The van der Waals surface area contributed by atoms with E-state index >= 15 is 0 Å². The summed E-state index contributed by atoms with van der Waals surface area (Å²) < 4.78 is 0. The fourth-order valence-electron chi connectivity index (χ4n) is 3.06. The van der Waals surface area contributed by atoms with Crippen LogP contribution in [0.2, 0.25) is 0 Å². The van der Waals surface area contributed by atoms with Crippen LogP contribution >= 0.6 is 0 Å². The summed E-state index contributed by atoms with van der Waals surface area (Å²) in [5.74, 6) is 0.645. The van der Waals surface area contributed by atoms with Crippen LogP contribution in [0.3, 0.4) is 0 Å². The number of hydrogen-bond donors (Lipinski definition) is 0. The van der Waals surface area contributed by atoms with Crippen molar-refractivity contribution >= 4 is 11.1 Å². The molecule has 0 heteroatoms. The minimum Gasteiger partial charge on any atom is -0.0952 e. The molecule has 0 saturated heterocycles. The predicted octanol–water partition coefficient (Wildman–Crippen LogP) is 4.17. The first-order valence-corrected chi connectivity index (χ1v) is 5.70. The monoisotopic (exact) mass is 196 g/mol. The quantitative estimate of drug-likeness (QED) is 0.584. The van der Waals surface area contributed by atoms with Gasteiger partial charge in [-0.3, -0.25) is 0 Å². The summed E-state index contributed by atoms with van der Waals surface area (Å²) in [5.41, 5.74) is 8.47. The van der Waals surface area contributed by atoms with Gasteiger partial charge < -0.3 is 0 Å². The Kier molecular flexibility index (Phi) is 1.70. The van der Waals surface area contributed by atoms with E-state index < -0.39 is 0 Å². The Morgan fingerprint density at radius 2 is 1.87 bits per heavy atom. The van der Waals surface area contributed by atoms with Crippen molar-refractivity contribution in [1.82, 2.24) is 0 Å². The molecule has 0 saturated carbocycles. The first-order valence-electron chi connectivity index (χ1n) is 5.70. The van der Waals surface area contributed by atoms with Gasteiger partial charge in [0, 0.05) is 0 Å². The summed E-state index contributed by atoms with van der Waals surface area (Å²) in [6.45, 7) is 10.7. The Balaban J connectivity index is 2.33. The van der Waals surface area contributed by atoms with Crippen molar-refractivity contribution in [2.75, 3.05) is 0 Å². The van der Waals surface area contributed by atoms with E-state index in [0.717, 1.165) is 12.8 Å². The molecule has 1 unspecified atom stereocenters. The lowest BCUT2D eigenvalue weighted by molar-refractivity contribution is 0.828. The lowest BCUT2D eigenvalue weighted by Gasteiger charge is -2.10.